The van der Waals surface area contributed by atoms with Gasteiger partial charge in [0.1, 0.15) is 0 Å². The molecule has 0 aromatic carbocycles. The Hall–Kier alpha value is -1.98. The number of rotatable bonds is 4. The van der Waals surface area contributed by atoms with Crippen molar-refractivity contribution in [3.63, 3.8) is 0 Å². The van der Waals surface area contributed by atoms with Crippen LogP contribution in [0.3, 0.4) is 0 Å². The minimum atomic E-state index is 0.519. The third-order valence-corrected chi connectivity index (χ3v) is 5.15. The maximum absolute atomic E-state index is 6.00. The first-order valence-corrected chi connectivity index (χ1v) is 9.19. The molecule has 1 aliphatic heterocycles. The summed E-state index contributed by atoms with van der Waals surface area (Å²) in [5.41, 5.74) is 3.17. The van der Waals surface area contributed by atoms with E-state index in [0.717, 1.165) is 55.7 Å². The van der Waals surface area contributed by atoms with Crippen molar-refractivity contribution in [2.75, 3.05) is 19.6 Å². The summed E-state index contributed by atoms with van der Waals surface area (Å²) in [6, 6.07) is 6.14. The van der Waals surface area contributed by atoms with Crippen molar-refractivity contribution >= 4 is 22.6 Å². The number of likely N-dealkylation sites (tertiary alicyclic amines) is 1. The molecule has 3 aromatic rings. The molecule has 0 spiro atoms. The average molecular weight is 356 g/mol. The second kappa shape index (κ2) is 7.10. The molecule has 25 heavy (non-hydrogen) atoms. The molecule has 0 atom stereocenters. The number of aromatic nitrogens is 4. The van der Waals surface area contributed by atoms with Crippen LogP contribution in [-0.4, -0.2) is 44.3 Å². The fourth-order valence-corrected chi connectivity index (χ4v) is 3.68. The average Bonchev–Trinajstić information content (AvgIpc) is 3.05. The lowest BCUT2D eigenvalue weighted by Crippen LogP contribution is -2.35. The van der Waals surface area contributed by atoms with Gasteiger partial charge < -0.3 is 4.90 Å². The summed E-state index contributed by atoms with van der Waals surface area (Å²) in [7, 11) is 0. The highest BCUT2D eigenvalue weighted by Gasteiger charge is 2.21. The molecular formula is C19H22ClN5. The van der Waals surface area contributed by atoms with Gasteiger partial charge in [-0.15, -0.1) is 0 Å². The molecule has 0 aliphatic carbocycles. The Labute approximate surface area is 152 Å². The summed E-state index contributed by atoms with van der Waals surface area (Å²) < 4.78 is 2.03. The van der Waals surface area contributed by atoms with Crippen molar-refractivity contribution in [1.29, 1.82) is 0 Å². The van der Waals surface area contributed by atoms with E-state index in [4.69, 9.17) is 16.6 Å². The van der Waals surface area contributed by atoms with Crippen LogP contribution >= 0.6 is 11.6 Å². The van der Waals surface area contributed by atoms with E-state index >= 15 is 0 Å². The van der Waals surface area contributed by atoms with Crippen LogP contribution in [0, 0.1) is 6.92 Å². The summed E-state index contributed by atoms with van der Waals surface area (Å²) in [5.74, 6) is 0.519. The maximum atomic E-state index is 6.00. The highest BCUT2D eigenvalue weighted by molar-refractivity contribution is 6.31. The van der Waals surface area contributed by atoms with E-state index in [-0.39, 0.29) is 0 Å². The molecule has 5 nitrogen and oxygen atoms in total. The van der Waals surface area contributed by atoms with Crippen molar-refractivity contribution in [2.24, 2.45) is 0 Å². The zero-order valence-electron chi connectivity index (χ0n) is 14.4. The van der Waals surface area contributed by atoms with Gasteiger partial charge in [0.25, 0.3) is 0 Å². The highest BCUT2D eigenvalue weighted by Crippen LogP contribution is 2.28. The first-order chi connectivity index (χ1) is 12.2. The Kier molecular flexibility index (Phi) is 4.68. The van der Waals surface area contributed by atoms with Gasteiger partial charge in [-0.3, -0.25) is 4.68 Å². The quantitative estimate of drug-likeness (QED) is 0.716. The largest absolute Gasteiger partial charge is 0.301 e. The monoisotopic (exact) mass is 355 g/mol. The lowest BCUT2D eigenvalue weighted by atomic mass is 9.93. The summed E-state index contributed by atoms with van der Waals surface area (Å²) in [4.78, 5) is 11.6. The van der Waals surface area contributed by atoms with Gasteiger partial charge in [-0.1, -0.05) is 11.6 Å². The number of piperidine rings is 1. The van der Waals surface area contributed by atoms with Crippen LogP contribution in [0.25, 0.3) is 11.0 Å². The minimum absolute atomic E-state index is 0.519. The van der Waals surface area contributed by atoms with Gasteiger partial charge in [0.2, 0.25) is 0 Å². The van der Waals surface area contributed by atoms with E-state index < -0.39 is 0 Å². The fourth-order valence-electron chi connectivity index (χ4n) is 3.51. The normalized spacial score (nSPS) is 16.6. The molecule has 1 fully saturated rings. The smallest absolute Gasteiger partial charge is 0.159 e. The minimum Gasteiger partial charge on any atom is -0.301 e. The summed E-state index contributed by atoms with van der Waals surface area (Å²) in [6.45, 7) is 6.31. The van der Waals surface area contributed by atoms with E-state index in [2.05, 4.69) is 40.2 Å². The number of aryl methyl sites for hydroxylation is 1. The lowest BCUT2D eigenvalue weighted by Gasteiger charge is -2.31. The number of fused-ring (bicyclic) bond motifs is 1. The van der Waals surface area contributed by atoms with Gasteiger partial charge in [-0.05, 0) is 56.6 Å². The topological polar surface area (TPSA) is 46.8 Å². The summed E-state index contributed by atoms with van der Waals surface area (Å²) in [5, 5.41) is 6.02. The van der Waals surface area contributed by atoms with Crippen molar-refractivity contribution in [1.82, 2.24) is 24.6 Å². The molecule has 4 heterocycles. The number of hydrogen-bond donors (Lipinski definition) is 0. The Morgan fingerprint density at radius 2 is 2.00 bits per heavy atom. The van der Waals surface area contributed by atoms with E-state index in [1.54, 1.807) is 6.20 Å². The van der Waals surface area contributed by atoms with Crippen LogP contribution < -0.4 is 0 Å². The summed E-state index contributed by atoms with van der Waals surface area (Å²) in [6.07, 6.45) is 7.97. The molecule has 1 aliphatic rings. The van der Waals surface area contributed by atoms with E-state index in [9.17, 15) is 0 Å². The first-order valence-electron chi connectivity index (χ1n) is 8.81. The van der Waals surface area contributed by atoms with E-state index in [1.807, 2.05) is 16.9 Å². The standard InChI is InChI=1S/C19H22ClN5/c1-14-11-22-25(13-14)9-8-24-6-4-15(5-7-24)18-3-2-16-10-17(20)12-21-19(16)23-18/h2-3,10-13,15H,4-9H2,1H3. The molecule has 130 valence electrons. The van der Waals surface area contributed by atoms with Gasteiger partial charge in [0.05, 0.1) is 17.8 Å². The molecular weight excluding hydrogens is 334 g/mol. The number of halogens is 1. The molecule has 0 radical (unpaired) electrons. The van der Waals surface area contributed by atoms with Crippen molar-refractivity contribution in [3.05, 3.63) is 53.1 Å². The Morgan fingerprint density at radius 1 is 1.16 bits per heavy atom. The van der Waals surface area contributed by atoms with Crippen molar-refractivity contribution in [2.45, 2.75) is 32.2 Å². The van der Waals surface area contributed by atoms with Crippen LogP contribution in [0.15, 0.2) is 36.8 Å². The molecule has 0 amide bonds. The predicted molar refractivity (Wildman–Crippen MR) is 99.9 cm³/mol. The molecule has 0 bridgehead atoms. The highest BCUT2D eigenvalue weighted by atomic mass is 35.5. The van der Waals surface area contributed by atoms with E-state index in [0.29, 0.717) is 10.9 Å². The van der Waals surface area contributed by atoms with Gasteiger partial charge in [-0.25, -0.2) is 9.97 Å². The molecule has 0 N–H and O–H groups in total. The van der Waals surface area contributed by atoms with Crippen LogP contribution in [0.1, 0.15) is 30.0 Å². The third-order valence-electron chi connectivity index (χ3n) is 4.94. The van der Waals surface area contributed by atoms with Gasteiger partial charge in [-0.2, -0.15) is 5.10 Å². The van der Waals surface area contributed by atoms with Gasteiger partial charge in [0.15, 0.2) is 5.65 Å². The van der Waals surface area contributed by atoms with Crippen molar-refractivity contribution in [3.8, 4) is 0 Å². The van der Waals surface area contributed by atoms with Crippen LogP contribution in [0.5, 0.6) is 0 Å². The SMILES string of the molecule is Cc1cnn(CCN2CCC(c3ccc4cc(Cl)cnc4n3)CC2)c1. The van der Waals surface area contributed by atoms with Gasteiger partial charge in [0, 0.05) is 35.9 Å². The fraction of sp³-hybridized carbons (Fsp3) is 0.421. The lowest BCUT2D eigenvalue weighted by molar-refractivity contribution is 0.201. The second-order valence-corrected chi connectivity index (χ2v) is 7.27. The first kappa shape index (κ1) is 16.5. The number of nitrogens with zero attached hydrogens (tertiary/aromatic N) is 5. The zero-order chi connectivity index (χ0) is 17.2. The zero-order valence-corrected chi connectivity index (χ0v) is 15.2. The predicted octanol–water partition coefficient (Wildman–Crippen LogP) is 3.67. The molecule has 4 rings (SSSR count). The molecule has 6 heteroatoms. The number of hydrogen-bond acceptors (Lipinski definition) is 4. The Bertz CT molecular complexity index is 867. The van der Waals surface area contributed by atoms with Crippen LogP contribution in [0.2, 0.25) is 5.02 Å². The third kappa shape index (κ3) is 3.83. The van der Waals surface area contributed by atoms with Crippen LogP contribution in [-0.2, 0) is 6.54 Å². The number of pyridine rings is 2. The van der Waals surface area contributed by atoms with E-state index in [1.165, 1.54) is 5.56 Å². The molecule has 1 saturated heterocycles. The molecule has 0 saturated carbocycles. The Balaban J connectivity index is 1.35. The van der Waals surface area contributed by atoms with Crippen molar-refractivity contribution < 1.29 is 0 Å². The molecule has 0 unspecified atom stereocenters. The molecule has 3 aromatic heterocycles. The maximum Gasteiger partial charge on any atom is 0.159 e. The summed E-state index contributed by atoms with van der Waals surface area (Å²) >= 11 is 6.00. The van der Waals surface area contributed by atoms with Gasteiger partial charge >= 0.3 is 0 Å². The Morgan fingerprint density at radius 3 is 2.76 bits per heavy atom. The van der Waals surface area contributed by atoms with Crippen LogP contribution in [0.4, 0.5) is 0 Å². The second-order valence-electron chi connectivity index (χ2n) is 6.83.